The Morgan fingerprint density at radius 3 is 3.04 bits per heavy atom. The van der Waals surface area contributed by atoms with E-state index in [9.17, 15) is 4.79 Å². The lowest BCUT2D eigenvalue weighted by Crippen LogP contribution is -2.47. The van der Waals surface area contributed by atoms with E-state index in [0.717, 1.165) is 49.3 Å². The predicted octanol–water partition coefficient (Wildman–Crippen LogP) is 2.67. The third-order valence-electron chi connectivity index (χ3n) is 4.50. The standard InChI is InChI=1S/C18H26N4O2/c1-3-11-24-14-7-6-10-22(13-14)18(23)19-12-17-20-15-8-4-5-9-16(15)21(17)2/h4-5,8-9,14H,3,6-7,10-13H2,1-2H3,(H,19,23)/t14-/m1/s1. The average molecular weight is 330 g/mol. The molecule has 0 saturated carbocycles. The number of piperidine rings is 1. The summed E-state index contributed by atoms with van der Waals surface area (Å²) in [7, 11) is 1.98. The van der Waals surface area contributed by atoms with Crippen LogP contribution in [0, 0.1) is 0 Å². The monoisotopic (exact) mass is 330 g/mol. The molecule has 0 radical (unpaired) electrons. The Kier molecular flexibility index (Phi) is 5.35. The molecule has 1 saturated heterocycles. The number of para-hydroxylation sites is 2. The number of likely N-dealkylation sites (tertiary alicyclic amines) is 1. The molecule has 1 aromatic heterocycles. The summed E-state index contributed by atoms with van der Waals surface area (Å²) in [5.41, 5.74) is 2.03. The van der Waals surface area contributed by atoms with Gasteiger partial charge < -0.3 is 19.5 Å². The number of nitrogens with zero attached hydrogens (tertiary/aromatic N) is 3. The van der Waals surface area contributed by atoms with Crippen molar-refractivity contribution in [3.05, 3.63) is 30.1 Å². The van der Waals surface area contributed by atoms with Gasteiger partial charge in [-0.25, -0.2) is 9.78 Å². The molecule has 1 aliphatic rings. The number of carbonyl (C=O) groups is 1. The molecule has 3 rings (SSSR count). The Bertz CT molecular complexity index is 697. The minimum atomic E-state index is -0.0353. The van der Waals surface area contributed by atoms with E-state index in [0.29, 0.717) is 13.1 Å². The highest BCUT2D eigenvalue weighted by molar-refractivity contribution is 5.76. The molecule has 1 fully saturated rings. The molecule has 2 aromatic rings. The van der Waals surface area contributed by atoms with Crippen molar-refractivity contribution in [2.24, 2.45) is 7.05 Å². The van der Waals surface area contributed by atoms with E-state index in [2.05, 4.69) is 17.2 Å². The lowest BCUT2D eigenvalue weighted by molar-refractivity contribution is 0.00999. The van der Waals surface area contributed by atoms with Crippen molar-refractivity contribution in [1.29, 1.82) is 0 Å². The van der Waals surface area contributed by atoms with Crippen molar-refractivity contribution >= 4 is 17.1 Å². The smallest absolute Gasteiger partial charge is 0.317 e. The van der Waals surface area contributed by atoms with Crippen LogP contribution >= 0.6 is 0 Å². The molecule has 1 atom stereocenters. The summed E-state index contributed by atoms with van der Waals surface area (Å²) in [6.07, 6.45) is 3.21. The van der Waals surface area contributed by atoms with Crippen molar-refractivity contribution in [2.45, 2.75) is 38.8 Å². The van der Waals surface area contributed by atoms with E-state index < -0.39 is 0 Å². The first-order chi connectivity index (χ1) is 11.7. The number of amides is 2. The van der Waals surface area contributed by atoms with Gasteiger partial charge in [0.2, 0.25) is 0 Å². The molecule has 0 unspecified atom stereocenters. The number of aryl methyl sites for hydroxylation is 1. The van der Waals surface area contributed by atoms with Gasteiger partial charge in [-0.2, -0.15) is 0 Å². The number of imidazole rings is 1. The first-order valence-corrected chi connectivity index (χ1v) is 8.73. The fourth-order valence-electron chi connectivity index (χ4n) is 3.16. The van der Waals surface area contributed by atoms with Crippen LogP contribution in [0.25, 0.3) is 11.0 Å². The van der Waals surface area contributed by atoms with Gasteiger partial charge in [0.25, 0.3) is 0 Å². The number of ether oxygens (including phenoxy) is 1. The van der Waals surface area contributed by atoms with Gasteiger partial charge in [0.15, 0.2) is 0 Å². The second-order valence-electron chi connectivity index (χ2n) is 6.32. The topological polar surface area (TPSA) is 59.4 Å². The van der Waals surface area contributed by atoms with Gasteiger partial charge in [-0.3, -0.25) is 0 Å². The fraction of sp³-hybridized carbons (Fsp3) is 0.556. The Balaban J connectivity index is 1.57. The molecular formula is C18H26N4O2. The molecule has 1 aliphatic heterocycles. The highest BCUT2D eigenvalue weighted by atomic mass is 16.5. The highest BCUT2D eigenvalue weighted by Crippen LogP contribution is 2.15. The van der Waals surface area contributed by atoms with Gasteiger partial charge in [0.1, 0.15) is 5.82 Å². The SMILES string of the molecule is CCCO[C@@H]1CCCN(C(=O)NCc2nc3ccccc3n2C)C1. The molecule has 6 heteroatoms. The number of benzene rings is 1. The molecule has 24 heavy (non-hydrogen) atoms. The van der Waals surface area contributed by atoms with Crippen molar-refractivity contribution in [3.63, 3.8) is 0 Å². The number of urea groups is 1. The van der Waals surface area contributed by atoms with Crippen LogP contribution in [-0.4, -0.2) is 46.3 Å². The van der Waals surface area contributed by atoms with Gasteiger partial charge in [0.05, 0.1) is 23.7 Å². The summed E-state index contributed by atoms with van der Waals surface area (Å²) in [4.78, 5) is 18.9. The Morgan fingerprint density at radius 2 is 2.25 bits per heavy atom. The normalized spacial score (nSPS) is 18.1. The second-order valence-corrected chi connectivity index (χ2v) is 6.32. The predicted molar refractivity (Wildman–Crippen MR) is 93.8 cm³/mol. The number of nitrogens with one attached hydrogen (secondary N) is 1. The molecule has 1 aromatic carbocycles. The summed E-state index contributed by atoms with van der Waals surface area (Å²) < 4.78 is 7.82. The molecule has 2 heterocycles. The van der Waals surface area contributed by atoms with Crippen LogP contribution in [0.5, 0.6) is 0 Å². The van der Waals surface area contributed by atoms with Crippen LogP contribution in [-0.2, 0) is 18.3 Å². The lowest BCUT2D eigenvalue weighted by atomic mass is 10.1. The number of hydrogen-bond acceptors (Lipinski definition) is 3. The van der Waals surface area contributed by atoms with Crippen molar-refractivity contribution in [3.8, 4) is 0 Å². The van der Waals surface area contributed by atoms with E-state index in [1.807, 2.05) is 40.8 Å². The summed E-state index contributed by atoms with van der Waals surface area (Å²) >= 11 is 0. The summed E-state index contributed by atoms with van der Waals surface area (Å²) in [5.74, 6) is 0.861. The van der Waals surface area contributed by atoms with Gasteiger partial charge in [-0.05, 0) is 31.4 Å². The van der Waals surface area contributed by atoms with Gasteiger partial charge in [-0.1, -0.05) is 19.1 Å². The van der Waals surface area contributed by atoms with E-state index in [1.54, 1.807) is 0 Å². The number of rotatable bonds is 5. The van der Waals surface area contributed by atoms with Crippen molar-refractivity contribution < 1.29 is 9.53 Å². The minimum Gasteiger partial charge on any atom is -0.376 e. The summed E-state index contributed by atoms with van der Waals surface area (Å²) in [5, 5.41) is 3.00. The summed E-state index contributed by atoms with van der Waals surface area (Å²) in [6, 6.07) is 7.96. The first-order valence-electron chi connectivity index (χ1n) is 8.73. The van der Waals surface area contributed by atoms with Crippen LogP contribution in [0.15, 0.2) is 24.3 Å². The van der Waals surface area contributed by atoms with E-state index in [1.165, 1.54) is 0 Å². The molecule has 0 spiro atoms. The zero-order valence-electron chi connectivity index (χ0n) is 14.5. The maximum atomic E-state index is 12.4. The number of aromatic nitrogens is 2. The maximum absolute atomic E-state index is 12.4. The Morgan fingerprint density at radius 1 is 1.42 bits per heavy atom. The zero-order chi connectivity index (χ0) is 16.9. The number of hydrogen-bond donors (Lipinski definition) is 1. The highest BCUT2D eigenvalue weighted by Gasteiger charge is 2.24. The molecule has 6 nitrogen and oxygen atoms in total. The molecule has 130 valence electrons. The molecule has 0 bridgehead atoms. The first kappa shape index (κ1) is 16.8. The average Bonchev–Trinajstić information content (AvgIpc) is 2.94. The quantitative estimate of drug-likeness (QED) is 0.917. The second kappa shape index (κ2) is 7.66. The zero-order valence-corrected chi connectivity index (χ0v) is 14.5. The van der Waals surface area contributed by atoms with Crippen molar-refractivity contribution in [2.75, 3.05) is 19.7 Å². The minimum absolute atomic E-state index is 0.0353. The van der Waals surface area contributed by atoms with E-state index in [-0.39, 0.29) is 12.1 Å². The van der Waals surface area contributed by atoms with Crippen LogP contribution < -0.4 is 5.32 Å². The van der Waals surface area contributed by atoms with Crippen LogP contribution in [0.3, 0.4) is 0 Å². The van der Waals surface area contributed by atoms with Gasteiger partial charge in [0, 0.05) is 26.7 Å². The third kappa shape index (κ3) is 3.70. The maximum Gasteiger partial charge on any atom is 0.317 e. The van der Waals surface area contributed by atoms with Crippen LogP contribution in [0.2, 0.25) is 0 Å². The Hall–Kier alpha value is -2.08. The Labute approximate surface area is 142 Å². The van der Waals surface area contributed by atoms with E-state index in [4.69, 9.17) is 4.74 Å². The molecule has 1 N–H and O–H groups in total. The fourth-order valence-corrected chi connectivity index (χ4v) is 3.16. The third-order valence-corrected chi connectivity index (χ3v) is 4.50. The van der Waals surface area contributed by atoms with Crippen LogP contribution in [0.4, 0.5) is 4.79 Å². The molecular weight excluding hydrogens is 304 g/mol. The number of fused-ring (bicyclic) bond motifs is 1. The molecule has 2 amide bonds. The van der Waals surface area contributed by atoms with E-state index >= 15 is 0 Å². The molecule has 0 aliphatic carbocycles. The van der Waals surface area contributed by atoms with Gasteiger partial charge >= 0.3 is 6.03 Å². The van der Waals surface area contributed by atoms with Gasteiger partial charge in [-0.15, -0.1) is 0 Å². The van der Waals surface area contributed by atoms with Crippen molar-refractivity contribution in [1.82, 2.24) is 19.8 Å². The van der Waals surface area contributed by atoms with Crippen LogP contribution in [0.1, 0.15) is 32.0 Å². The number of carbonyl (C=O) groups excluding carboxylic acids is 1. The lowest BCUT2D eigenvalue weighted by Gasteiger charge is -2.32. The summed E-state index contributed by atoms with van der Waals surface area (Å²) in [6.45, 7) is 4.76. The largest absolute Gasteiger partial charge is 0.376 e.